The Labute approximate surface area is 112 Å². The summed E-state index contributed by atoms with van der Waals surface area (Å²) in [6, 6.07) is 8.18. The maximum Gasteiger partial charge on any atom is 0.137 e. The third-order valence-electron chi connectivity index (χ3n) is 4.26. The molecule has 19 heavy (non-hydrogen) atoms. The first-order chi connectivity index (χ1) is 9.15. The minimum absolute atomic E-state index is 0.103. The molecule has 2 saturated heterocycles. The number of para-hydroxylation sites is 2. The topological polar surface area (TPSA) is 81.4 Å². The van der Waals surface area contributed by atoms with E-state index in [0.717, 1.165) is 37.1 Å². The highest BCUT2D eigenvalue weighted by molar-refractivity contribution is 5.67. The van der Waals surface area contributed by atoms with Crippen LogP contribution in [-0.2, 0) is 0 Å². The summed E-state index contributed by atoms with van der Waals surface area (Å²) in [7, 11) is 0. The number of nitrogens with one attached hydrogen (secondary N) is 1. The SMILES string of the molecule is Nc1ccccc1NC1CC2CCC(C1)N2C(=O)[O-]. The van der Waals surface area contributed by atoms with Gasteiger partial charge in [-0.05, 0) is 37.8 Å². The zero-order chi connectivity index (χ0) is 13.4. The van der Waals surface area contributed by atoms with Crippen LogP contribution in [0.15, 0.2) is 24.3 Å². The number of piperidine rings is 1. The fraction of sp³-hybridized carbons (Fsp3) is 0.500. The van der Waals surface area contributed by atoms with Crippen molar-refractivity contribution in [3.63, 3.8) is 0 Å². The summed E-state index contributed by atoms with van der Waals surface area (Å²) >= 11 is 0. The van der Waals surface area contributed by atoms with Gasteiger partial charge >= 0.3 is 0 Å². The molecule has 2 fully saturated rings. The molecular formula is C14H18N3O2-. The number of nitrogen functional groups attached to an aromatic ring is 1. The molecule has 5 nitrogen and oxygen atoms in total. The van der Waals surface area contributed by atoms with Crippen LogP contribution < -0.4 is 16.2 Å². The van der Waals surface area contributed by atoms with Crippen molar-refractivity contribution in [1.29, 1.82) is 0 Å². The van der Waals surface area contributed by atoms with Crippen molar-refractivity contribution in [2.45, 2.75) is 43.8 Å². The number of hydrogen-bond donors (Lipinski definition) is 2. The first-order valence-electron chi connectivity index (χ1n) is 6.75. The number of fused-ring (bicyclic) bond motifs is 2. The minimum Gasteiger partial charge on any atom is -0.530 e. The first-order valence-corrected chi connectivity index (χ1v) is 6.75. The predicted molar refractivity (Wildman–Crippen MR) is 71.5 cm³/mol. The average Bonchev–Trinajstić information content (AvgIpc) is 2.65. The standard InChI is InChI=1S/C14H19N3O2/c15-12-3-1-2-4-13(12)16-9-7-10-5-6-11(8-9)17(10)14(18)19/h1-4,9-11,16H,5-8,15H2,(H,18,19)/p-1. The Balaban J connectivity index is 1.70. The molecule has 1 aromatic rings. The van der Waals surface area contributed by atoms with Crippen LogP contribution >= 0.6 is 0 Å². The Morgan fingerprint density at radius 2 is 1.89 bits per heavy atom. The highest BCUT2D eigenvalue weighted by atomic mass is 16.4. The van der Waals surface area contributed by atoms with Gasteiger partial charge in [0.1, 0.15) is 6.09 Å². The molecule has 5 heteroatoms. The van der Waals surface area contributed by atoms with Gasteiger partial charge in [-0.15, -0.1) is 0 Å². The normalized spacial score (nSPS) is 29.3. The highest BCUT2D eigenvalue weighted by Crippen LogP contribution is 2.36. The zero-order valence-corrected chi connectivity index (χ0v) is 10.7. The smallest absolute Gasteiger partial charge is 0.137 e. The zero-order valence-electron chi connectivity index (χ0n) is 10.7. The number of anilines is 2. The van der Waals surface area contributed by atoms with E-state index >= 15 is 0 Å². The summed E-state index contributed by atoms with van der Waals surface area (Å²) in [6.45, 7) is 0. The number of benzene rings is 1. The molecule has 2 atom stereocenters. The van der Waals surface area contributed by atoms with E-state index in [1.807, 2.05) is 24.3 Å². The van der Waals surface area contributed by atoms with Crippen LogP contribution in [-0.4, -0.2) is 29.1 Å². The number of nitrogens with two attached hydrogens (primary N) is 1. The largest absolute Gasteiger partial charge is 0.530 e. The summed E-state index contributed by atoms with van der Waals surface area (Å²) in [4.78, 5) is 12.6. The summed E-state index contributed by atoms with van der Waals surface area (Å²) in [6.07, 6.45) is 2.53. The fourth-order valence-corrected chi connectivity index (χ4v) is 3.44. The van der Waals surface area contributed by atoms with Gasteiger partial charge in [-0.3, -0.25) is 0 Å². The Morgan fingerprint density at radius 1 is 1.26 bits per heavy atom. The molecule has 102 valence electrons. The molecular weight excluding hydrogens is 242 g/mol. The Hall–Kier alpha value is -1.91. The van der Waals surface area contributed by atoms with Crippen LogP contribution in [0.4, 0.5) is 16.2 Å². The van der Waals surface area contributed by atoms with Crippen LogP contribution in [0.25, 0.3) is 0 Å². The molecule has 0 spiro atoms. The maximum atomic E-state index is 11.1. The van der Waals surface area contributed by atoms with Crippen molar-refractivity contribution in [2.24, 2.45) is 0 Å². The lowest BCUT2D eigenvalue weighted by atomic mass is 9.97. The summed E-state index contributed by atoms with van der Waals surface area (Å²) in [5.41, 5.74) is 7.59. The molecule has 2 bridgehead atoms. The molecule has 0 aromatic heterocycles. The molecule has 0 saturated carbocycles. The summed E-state index contributed by atoms with van der Waals surface area (Å²) in [5, 5.41) is 14.6. The second-order valence-electron chi connectivity index (χ2n) is 5.46. The van der Waals surface area contributed by atoms with E-state index in [0.29, 0.717) is 0 Å². The lowest BCUT2D eigenvalue weighted by molar-refractivity contribution is -0.270. The quantitative estimate of drug-likeness (QED) is 0.778. The Kier molecular flexibility index (Phi) is 2.97. The number of rotatable bonds is 2. The molecule has 2 unspecified atom stereocenters. The molecule has 3 N–H and O–H groups in total. The van der Waals surface area contributed by atoms with Gasteiger partial charge in [0.15, 0.2) is 0 Å². The lowest BCUT2D eigenvalue weighted by Crippen LogP contribution is -2.54. The molecule has 0 radical (unpaired) electrons. The van der Waals surface area contributed by atoms with Gasteiger partial charge in [0.25, 0.3) is 0 Å². The number of amides is 1. The molecule has 1 amide bonds. The van der Waals surface area contributed by atoms with Crippen molar-refractivity contribution in [3.8, 4) is 0 Å². The van der Waals surface area contributed by atoms with Crippen LogP contribution in [0, 0.1) is 0 Å². The predicted octanol–water partition coefficient (Wildman–Crippen LogP) is 1.02. The molecule has 2 aliphatic heterocycles. The maximum absolute atomic E-state index is 11.1. The molecule has 2 heterocycles. The van der Waals surface area contributed by atoms with Gasteiger partial charge in [-0.1, -0.05) is 12.1 Å². The van der Waals surface area contributed by atoms with Crippen molar-refractivity contribution in [2.75, 3.05) is 11.1 Å². The fourth-order valence-electron chi connectivity index (χ4n) is 3.44. The monoisotopic (exact) mass is 260 g/mol. The number of carboxylic acid groups (broad SMARTS) is 1. The molecule has 2 aliphatic rings. The minimum atomic E-state index is -1.02. The van der Waals surface area contributed by atoms with E-state index in [2.05, 4.69) is 5.32 Å². The van der Waals surface area contributed by atoms with Crippen LogP contribution in [0.1, 0.15) is 25.7 Å². The van der Waals surface area contributed by atoms with Crippen molar-refractivity contribution >= 4 is 17.5 Å². The van der Waals surface area contributed by atoms with Crippen LogP contribution in [0.2, 0.25) is 0 Å². The molecule has 3 rings (SSSR count). The van der Waals surface area contributed by atoms with Gasteiger partial charge in [0, 0.05) is 18.1 Å². The first kappa shape index (κ1) is 12.1. The molecule has 0 aliphatic carbocycles. The number of carbonyl (C=O) groups is 1. The average molecular weight is 260 g/mol. The number of nitrogens with zero attached hydrogens (tertiary/aromatic N) is 1. The number of hydrogen-bond acceptors (Lipinski definition) is 4. The van der Waals surface area contributed by atoms with Crippen molar-refractivity contribution in [1.82, 2.24) is 4.90 Å². The van der Waals surface area contributed by atoms with E-state index < -0.39 is 6.09 Å². The van der Waals surface area contributed by atoms with Crippen LogP contribution in [0.5, 0.6) is 0 Å². The van der Waals surface area contributed by atoms with E-state index in [4.69, 9.17) is 5.73 Å². The van der Waals surface area contributed by atoms with Crippen LogP contribution in [0.3, 0.4) is 0 Å². The van der Waals surface area contributed by atoms with Gasteiger partial charge in [-0.2, -0.15) is 0 Å². The highest BCUT2D eigenvalue weighted by Gasteiger charge is 2.40. The second kappa shape index (κ2) is 4.64. The molecule has 1 aromatic carbocycles. The lowest BCUT2D eigenvalue weighted by Gasteiger charge is -2.41. The second-order valence-corrected chi connectivity index (χ2v) is 5.46. The van der Waals surface area contributed by atoms with Gasteiger partial charge in [0.2, 0.25) is 0 Å². The van der Waals surface area contributed by atoms with Gasteiger partial charge in [-0.25, -0.2) is 0 Å². The van der Waals surface area contributed by atoms with Gasteiger partial charge < -0.3 is 25.9 Å². The third-order valence-corrected chi connectivity index (χ3v) is 4.26. The summed E-state index contributed by atoms with van der Waals surface area (Å²) in [5.74, 6) is 0. The van der Waals surface area contributed by atoms with E-state index in [1.165, 1.54) is 4.90 Å². The summed E-state index contributed by atoms with van der Waals surface area (Å²) < 4.78 is 0. The van der Waals surface area contributed by atoms with E-state index in [1.54, 1.807) is 0 Å². The van der Waals surface area contributed by atoms with Gasteiger partial charge in [0.05, 0.1) is 11.4 Å². The third kappa shape index (κ3) is 2.20. The Morgan fingerprint density at radius 3 is 2.47 bits per heavy atom. The Bertz CT molecular complexity index is 477. The number of carbonyl (C=O) groups excluding carboxylic acids is 1. The van der Waals surface area contributed by atoms with Crippen molar-refractivity contribution < 1.29 is 9.90 Å². The van der Waals surface area contributed by atoms with Crippen molar-refractivity contribution in [3.05, 3.63) is 24.3 Å². The van der Waals surface area contributed by atoms with E-state index in [9.17, 15) is 9.90 Å². The van der Waals surface area contributed by atoms with E-state index in [-0.39, 0.29) is 18.1 Å².